The maximum atomic E-state index is 13.2. The average molecular weight is 476 g/mol. The molecule has 0 saturated carbocycles. The highest BCUT2D eigenvalue weighted by Crippen LogP contribution is 2.38. The molecule has 5 nitrogen and oxygen atoms in total. The highest BCUT2D eigenvalue weighted by Gasteiger charge is 2.34. The van der Waals surface area contributed by atoms with Crippen LogP contribution in [0.4, 0.5) is 24.5 Å². The third kappa shape index (κ3) is 4.11. The Balaban J connectivity index is 1.63. The summed E-state index contributed by atoms with van der Waals surface area (Å²) in [7, 11) is 0. The molecule has 164 valence electrons. The lowest BCUT2D eigenvalue weighted by Gasteiger charge is -2.17. The average Bonchev–Trinajstić information content (AvgIpc) is 3.28. The van der Waals surface area contributed by atoms with Crippen LogP contribution in [0, 0.1) is 3.95 Å². The number of hydrogen-bond donors (Lipinski definition) is 2. The molecule has 0 bridgehead atoms. The number of aromatic hydroxyl groups is 1. The lowest BCUT2D eigenvalue weighted by atomic mass is 10.1. The first-order valence-electron chi connectivity index (χ1n) is 9.43. The maximum absolute atomic E-state index is 13.2. The molecular formula is C22H16F3N3O2S2. The third-order valence-corrected chi connectivity index (χ3v) is 6.28. The highest BCUT2D eigenvalue weighted by molar-refractivity contribution is 7.73. The van der Waals surface area contributed by atoms with Gasteiger partial charge in [0.2, 0.25) is 11.8 Å². The molecule has 2 aromatic carbocycles. The molecule has 32 heavy (non-hydrogen) atoms. The highest BCUT2D eigenvalue weighted by atomic mass is 32.1. The molecule has 1 aliphatic heterocycles. The number of amides is 1. The number of carbonyl (C=O) groups is 1. The van der Waals surface area contributed by atoms with Crippen LogP contribution in [0.15, 0.2) is 53.5 Å². The van der Waals surface area contributed by atoms with Gasteiger partial charge in [-0.3, -0.25) is 14.4 Å². The van der Waals surface area contributed by atoms with Gasteiger partial charge in [-0.2, -0.15) is 13.2 Å². The molecule has 1 aliphatic rings. The summed E-state index contributed by atoms with van der Waals surface area (Å²) in [5.41, 5.74) is 1.16. The van der Waals surface area contributed by atoms with Gasteiger partial charge in [0.05, 0.1) is 21.8 Å². The lowest BCUT2D eigenvalue weighted by Crippen LogP contribution is -2.25. The van der Waals surface area contributed by atoms with E-state index < -0.39 is 23.7 Å². The summed E-state index contributed by atoms with van der Waals surface area (Å²) in [6.07, 6.45) is -1.24. The van der Waals surface area contributed by atoms with Gasteiger partial charge >= 0.3 is 6.18 Å². The molecule has 2 heterocycles. The van der Waals surface area contributed by atoms with E-state index in [9.17, 15) is 23.1 Å². The van der Waals surface area contributed by atoms with E-state index >= 15 is 0 Å². The Hall–Kier alpha value is -3.24. The number of nitrogens with zero attached hydrogens (tertiary/aromatic N) is 2. The predicted molar refractivity (Wildman–Crippen MR) is 122 cm³/mol. The third-order valence-electron chi connectivity index (χ3n) is 4.94. The van der Waals surface area contributed by atoms with E-state index in [0.29, 0.717) is 4.88 Å². The number of hydrogen-bond acceptors (Lipinski definition) is 5. The van der Waals surface area contributed by atoms with Crippen LogP contribution in [0.2, 0.25) is 0 Å². The molecule has 0 aliphatic carbocycles. The Labute approximate surface area is 190 Å². The smallest absolute Gasteiger partial charge is 0.418 e. The van der Waals surface area contributed by atoms with Gasteiger partial charge in [-0.25, -0.2) is 0 Å². The molecule has 4 rings (SSSR count). The van der Waals surface area contributed by atoms with Gasteiger partial charge in [-0.05, 0) is 43.4 Å². The lowest BCUT2D eigenvalue weighted by molar-refractivity contribution is -0.137. The van der Waals surface area contributed by atoms with Gasteiger partial charge in [0.25, 0.3) is 0 Å². The van der Waals surface area contributed by atoms with Crippen LogP contribution >= 0.6 is 23.6 Å². The number of benzene rings is 2. The van der Waals surface area contributed by atoms with E-state index in [-0.39, 0.29) is 15.5 Å². The van der Waals surface area contributed by atoms with Gasteiger partial charge in [0.1, 0.15) is 6.04 Å². The SMILES string of the molecule is CC(C(=O)Nc1ccccc1C(F)(F)F)n1c(O)c(/C=C2/C=Nc3ccccc32)sc1=S. The molecular weight excluding hydrogens is 459 g/mol. The Morgan fingerprint density at radius 2 is 1.91 bits per heavy atom. The van der Waals surface area contributed by atoms with Crippen molar-refractivity contribution in [3.8, 4) is 5.88 Å². The van der Waals surface area contributed by atoms with E-state index in [0.717, 1.165) is 34.2 Å². The van der Waals surface area contributed by atoms with Crippen LogP contribution in [-0.2, 0) is 11.0 Å². The van der Waals surface area contributed by atoms with Gasteiger partial charge < -0.3 is 10.4 Å². The Kier molecular flexibility index (Phi) is 5.74. The van der Waals surface area contributed by atoms with Crippen LogP contribution in [0.5, 0.6) is 5.88 Å². The minimum Gasteiger partial charge on any atom is -0.493 e. The Morgan fingerprint density at radius 1 is 1.22 bits per heavy atom. The van der Waals surface area contributed by atoms with Crippen molar-refractivity contribution >= 4 is 58.7 Å². The molecule has 0 radical (unpaired) electrons. The first-order chi connectivity index (χ1) is 15.2. The van der Waals surface area contributed by atoms with Crippen molar-refractivity contribution in [2.75, 3.05) is 5.32 Å². The van der Waals surface area contributed by atoms with Crippen molar-refractivity contribution in [2.45, 2.75) is 19.1 Å². The van der Waals surface area contributed by atoms with Crippen LogP contribution < -0.4 is 5.32 Å². The first-order valence-corrected chi connectivity index (χ1v) is 10.7. The van der Waals surface area contributed by atoms with Crippen molar-refractivity contribution in [3.63, 3.8) is 0 Å². The van der Waals surface area contributed by atoms with Crippen LogP contribution in [0.25, 0.3) is 11.6 Å². The van der Waals surface area contributed by atoms with Crippen LogP contribution in [0.3, 0.4) is 0 Å². The molecule has 3 aromatic rings. The summed E-state index contributed by atoms with van der Waals surface area (Å²) in [4.78, 5) is 17.5. The first kappa shape index (κ1) is 22.0. The normalized spacial score (nSPS) is 15.1. The Morgan fingerprint density at radius 3 is 2.66 bits per heavy atom. The number of nitrogens with one attached hydrogen (secondary N) is 1. The molecule has 0 spiro atoms. The van der Waals surface area contributed by atoms with E-state index in [4.69, 9.17) is 12.2 Å². The molecule has 1 unspecified atom stereocenters. The number of carbonyl (C=O) groups excluding carboxylic acids is 1. The largest absolute Gasteiger partial charge is 0.493 e. The van der Waals surface area contributed by atoms with Crippen molar-refractivity contribution in [1.29, 1.82) is 0 Å². The molecule has 2 N–H and O–H groups in total. The predicted octanol–water partition coefficient (Wildman–Crippen LogP) is 6.46. The standard InChI is InChI=1S/C22H16F3N3O2S2/c1-12(19(29)27-17-9-5-3-7-15(17)22(23,24)25)28-20(30)18(32-21(28)31)10-13-11-26-16-8-4-2-6-14(13)16/h2-12,30H,1H3,(H,27,29)/b13-10-. The number of alkyl halides is 3. The maximum Gasteiger partial charge on any atom is 0.418 e. The number of anilines is 1. The quantitative estimate of drug-likeness (QED) is 0.426. The minimum absolute atomic E-state index is 0.212. The number of aliphatic imine (C=N–C) groups is 1. The number of halogens is 3. The molecule has 1 aromatic heterocycles. The molecule has 1 amide bonds. The number of aromatic nitrogens is 1. The Bertz CT molecular complexity index is 1320. The summed E-state index contributed by atoms with van der Waals surface area (Å²) in [6.45, 7) is 1.46. The fourth-order valence-electron chi connectivity index (χ4n) is 3.32. The van der Waals surface area contributed by atoms with E-state index in [1.54, 1.807) is 12.3 Å². The zero-order valence-corrected chi connectivity index (χ0v) is 18.2. The van der Waals surface area contributed by atoms with E-state index in [1.165, 1.54) is 29.7 Å². The van der Waals surface area contributed by atoms with E-state index in [2.05, 4.69) is 10.3 Å². The van der Waals surface area contributed by atoms with Crippen molar-refractivity contribution < 1.29 is 23.1 Å². The summed E-state index contributed by atoms with van der Waals surface area (Å²) < 4.78 is 41.1. The number of thiazole rings is 1. The second kappa shape index (κ2) is 8.36. The number of para-hydroxylation sites is 2. The van der Waals surface area contributed by atoms with Crippen molar-refractivity contribution in [2.24, 2.45) is 4.99 Å². The fraction of sp³-hybridized carbons (Fsp3) is 0.136. The molecule has 10 heteroatoms. The second-order valence-electron chi connectivity index (χ2n) is 7.01. The molecule has 0 fully saturated rings. The summed E-state index contributed by atoms with van der Waals surface area (Å²) in [5.74, 6) is -0.977. The molecule has 0 saturated heterocycles. The topological polar surface area (TPSA) is 66.6 Å². The summed E-state index contributed by atoms with van der Waals surface area (Å²) >= 11 is 6.41. The van der Waals surface area contributed by atoms with Gasteiger partial charge in [0.15, 0.2) is 3.95 Å². The monoisotopic (exact) mass is 475 g/mol. The van der Waals surface area contributed by atoms with Crippen LogP contribution in [0.1, 0.15) is 29.0 Å². The number of rotatable bonds is 4. The zero-order chi connectivity index (χ0) is 23.0. The van der Waals surface area contributed by atoms with Crippen molar-refractivity contribution in [1.82, 2.24) is 4.57 Å². The zero-order valence-electron chi connectivity index (χ0n) is 16.6. The number of fused-ring (bicyclic) bond motifs is 1. The summed E-state index contributed by atoms with van der Waals surface area (Å²) in [6, 6.07) is 11.2. The van der Waals surface area contributed by atoms with Gasteiger partial charge in [0, 0.05) is 17.4 Å². The fourth-order valence-corrected chi connectivity index (χ4v) is 4.74. The second-order valence-corrected chi connectivity index (χ2v) is 8.69. The molecule has 1 atom stereocenters. The van der Waals surface area contributed by atoms with Crippen molar-refractivity contribution in [3.05, 3.63) is 68.5 Å². The van der Waals surface area contributed by atoms with E-state index in [1.807, 2.05) is 24.3 Å². The van der Waals surface area contributed by atoms with Gasteiger partial charge in [-0.15, -0.1) is 11.3 Å². The minimum atomic E-state index is -4.62. The van der Waals surface area contributed by atoms with Crippen LogP contribution in [-0.4, -0.2) is 21.8 Å². The number of allylic oxidation sites excluding steroid dienone is 1. The van der Waals surface area contributed by atoms with Gasteiger partial charge in [-0.1, -0.05) is 30.3 Å². The summed E-state index contributed by atoms with van der Waals surface area (Å²) in [5, 5.41) is 13.0.